The van der Waals surface area contributed by atoms with E-state index in [1.165, 1.54) is 12.1 Å². The number of alkyl halides is 3. The highest BCUT2D eigenvalue weighted by Crippen LogP contribution is 2.32. The van der Waals surface area contributed by atoms with E-state index in [2.05, 4.69) is 25.6 Å². The van der Waals surface area contributed by atoms with Crippen LogP contribution < -0.4 is 10.6 Å². The molecule has 1 amide bonds. The molecule has 0 bridgehead atoms. The number of benzene rings is 2. The molecule has 9 heteroatoms. The molecule has 0 atom stereocenters. The van der Waals surface area contributed by atoms with E-state index in [-0.39, 0.29) is 5.69 Å². The van der Waals surface area contributed by atoms with Crippen LogP contribution in [0.15, 0.2) is 85.3 Å². The van der Waals surface area contributed by atoms with Gasteiger partial charge in [-0.1, -0.05) is 12.1 Å². The van der Waals surface area contributed by atoms with Crippen molar-refractivity contribution in [3.63, 3.8) is 0 Å². The van der Waals surface area contributed by atoms with Crippen LogP contribution in [0, 0.1) is 6.92 Å². The van der Waals surface area contributed by atoms with Gasteiger partial charge in [-0.25, -0.2) is 4.98 Å². The number of carbonyl (C=O) groups is 1. The van der Waals surface area contributed by atoms with Crippen molar-refractivity contribution in [3.05, 3.63) is 102 Å². The van der Waals surface area contributed by atoms with Crippen LogP contribution in [0.2, 0.25) is 0 Å². The molecule has 3 N–H and O–H groups in total. The van der Waals surface area contributed by atoms with Crippen LogP contribution in [0.25, 0.3) is 22.3 Å². The molecule has 0 unspecified atom stereocenters. The summed E-state index contributed by atoms with van der Waals surface area (Å²) in [6.45, 7) is 1.90. The Labute approximate surface area is 204 Å². The Kier molecular flexibility index (Phi) is 5.89. The maximum atomic E-state index is 13.0. The van der Waals surface area contributed by atoms with Crippen LogP contribution in [0.5, 0.6) is 0 Å². The molecule has 0 saturated heterocycles. The second-order valence-corrected chi connectivity index (χ2v) is 8.22. The number of nitrogens with one attached hydrogen (secondary N) is 3. The maximum absolute atomic E-state index is 13.0. The average Bonchev–Trinajstić information content (AvgIpc) is 3.35. The fraction of sp³-hybridized carbons (Fsp3) is 0.0741. The maximum Gasteiger partial charge on any atom is 0.416 e. The molecule has 36 heavy (non-hydrogen) atoms. The fourth-order valence-electron chi connectivity index (χ4n) is 3.83. The standard InChI is InChI=1S/C27H20F3N5O/c1-16-5-6-18(26(36)33-20-4-2-3-19(14-20)27(28,29)30)13-22(16)34-24-15-23(17-7-10-31-11-8-17)35-25-21(24)9-12-32-25/h2-15H,1H3,(H,33,36)(H2,32,34,35). The van der Waals surface area contributed by atoms with Gasteiger partial charge in [-0.05, 0) is 67.1 Å². The van der Waals surface area contributed by atoms with Gasteiger partial charge in [-0.2, -0.15) is 13.2 Å². The Hall–Kier alpha value is -4.66. The number of aromatic amines is 1. The number of nitrogens with zero attached hydrogens (tertiary/aromatic N) is 2. The number of amides is 1. The molecule has 0 saturated carbocycles. The Bertz CT molecular complexity index is 1560. The molecule has 0 radical (unpaired) electrons. The van der Waals surface area contributed by atoms with E-state index in [0.717, 1.165) is 40.0 Å². The lowest BCUT2D eigenvalue weighted by molar-refractivity contribution is -0.137. The molecule has 5 rings (SSSR count). The van der Waals surface area contributed by atoms with Crippen molar-refractivity contribution in [2.75, 3.05) is 10.6 Å². The minimum atomic E-state index is -4.50. The topological polar surface area (TPSA) is 82.7 Å². The zero-order chi connectivity index (χ0) is 25.3. The van der Waals surface area contributed by atoms with Gasteiger partial charge >= 0.3 is 6.18 Å². The predicted octanol–water partition coefficient (Wildman–Crippen LogP) is 6.95. The van der Waals surface area contributed by atoms with E-state index < -0.39 is 17.6 Å². The van der Waals surface area contributed by atoms with Gasteiger partial charge in [0.25, 0.3) is 5.91 Å². The van der Waals surface area contributed by atoms with E-state index in [4.69, 9.17) is 0 Å². The first-order valence-electron chi connectivity index (χ1n) is 11.0. The largest absolute Gasteiger partial charge is 0.416 e. The van der Waals surface area contributed by atoms with E-state index in [0.29, 0.717) is 16.9 Å². The first kappa shape index (κ1) is 23.1. The summed E-state index contributed by atoms with van der Waals surface area (Å²) in [5, 5.41) is 6.81. The van der Waals surface area contributed by atoms with Crippen molar-refractivity contribution in [3.8, 4) is 11.3 Å². The summed E-state index contributed by atoms with van der Waals surface area (Å²) in [6, 6.07) is 17.2. The molecule has 6 nitrogen and oxygen atoms in total. The molecule has 5 aromatic rings. The second kappa shape index (κ2) is 9.18. The van der Waals surface area contributed by atoms with E-state index in [9.17, 15) is 18.0 Å². The van der Waals surface area contributed by atoms with Gasteiger partial charge in [-0.15, -0.1) is 0 Å². The smallest absolute Gasteiger partial charge is 0.355 e. The quantitative estimate of drug-likeness (QED) is 0.251. The Balaban J connectivity index is 1.45. The number of hydrogen-bond donors (Lipinski definition) is 3. The van der Waals surface area contributed by atoms with Crippen molar-refractivity contribution in [2.45, 2.75) is 13.1 Å². The molecule has 0 fully saturated rings. The number of H-pyrrole nitrogens is 1. The van der Waals surface area contributed by atoms with E-state index in [1.54, 1.807) is 36.8 Å². The Morgan fingerprint density at radius 1 is 0.944 bits per heavy atom. The number of aryl methyl sites for hydroxylation is 1. The van der Waals surface area contributed by atoms with Gasteiger partial charge in [0.1, 0.15) is 5.65 Å². The SMILES string of the molecule is Cc1ccc(C(=O)Nc2cccc(C(F)(F)F)c2)cc1Nc1cc(-c2ccncc2)nc2[nH]ccc12. The normalized spacial score (nSPS) is 11.4. The predicted molar refractivity (Wildman–Crippen MR) is 133 cm³/mol. The summed E-state index contributed by atoms with van der Waals surface area (Å²) < 4.78 is 39.1. The van der Waals surface area contributed by atoms with Gasteiger partial charge in [0, 0.05) is 46.5 Å². The Morgan fingerprint density at radius 2 is 1.75 bits per heavy atom. The number of hydrogen-bond acceptors (Lipinski definition) is 4. The van der Waals surface area contributed by atoms with Crippen LogP contribution in [0.3, 0.4) is 0 Å². The molecule has 0 aliphatic rings. The van der Waals surface area contributed by atoms with Crippen molar-refractivity contribution in [1.29, 1.82) is 0 Å². The molecule has 3 aromatic heterocycles. The summed E-state index contributed by atoms with van der Waals surface area (Å²) >= 11 is 0. The number of halogens is 3. The zero-order valence-corrected chi connectivity index (χ0v) is 19.0. The summed E-state index contributed by atoms with van der Waals surface area (Å²) in [5.41, 5.74) is 4.22. The van der Waals surface area contributed by atoms with E-state index >= 15 is 0 Å². The van der Waals surface area contributed by atoms with Crippen LogP contribution in [0.1, 0.15) is 21.5 Å². The highest BCUT2D eigenvalue weighted by Gasteiger charge is 2.30. The minimum Gasteiger partial charge on any atom is -0.355 e. The molecular formula is C27H20F3N5O. The first-order valence-corrected chi connectivity index (χ1v) is 11.0. The number of carbonyl (C=O) groups excluding carboxylic acids is 1. The lowest BCUT2D eigenvalue weighted by Crippen LogP contribution is -2.13. The van der Waals surface area contributed by atoms with Gasteiger partial charge in [0.05, 0.1) is 16.9 Å². The molecular weight excluding hydrogens is 467 g/mol. The number of aromatic nitrogens is 3. The molecule has 0 spiro atoms. The second-order valence-electron chi connectivity index (χ2n) is 8.22. The average molecular weight is 487 g/mol. The number of anilines is 3. The molecule has 180 valence electrons. The summed E-state index contributed by atoms with van der Waals surface area (Å²) in [6.07, 6.45) is 0.690. The lowest BCUT2D eigenvalue weighted by Gasteiger charge is -2.14. The third kappa shape index (κ3) is 4.76. The van der Waals surface area contributed by atoms with E-state index in [1.807, 2.05) is 31.2 Å². The number of pyridine rings is 2. The van der Waals surface area contributed by atoms with Crippen LogP contribution in [-0.2, 0) is 6.18 Å². The molecule has 3 heterocycles. The first-order chi connectivity index (χ1) is 17.3. The van der Waals surface area contributed by atoms with Gasteiger partial charge < -0.3 is 15.6 Å². The molecule has 0 aliphatic heterocycles. The molecule has 0 aliphatic carbocycles. The van der Waals surface area contributed by atoms with Crippen molar-refractivity contribution >= 4 is 34.0 Å². The van der Waals surface area contributed by atoms with Crippen molar-refractivity contribution in [2.24, 2.45) is 0 Å². The zero-order valence-electron chi connectivity index (χ0n) is 19.0. The third-order valence-corrected chi connectivity index (χ3v) is 5.72. The summed E-state index contributed by atoms with van der Waals surface area (Å²) in [7, 11) is 0. The fourth-order valence-corrected chi connectivity index (χ4v) is 3.83. The van der Waals surface area contributed by atoms with Crippen LogP contribution >= 0.6 is 0 Å². The Morgan fingerprint density at radius 3 is 2.53 bits per heavy atom. The minimum absolute atomic E-state index is 0.0649. The van der Waals surface area contributed by atoms with Gasteiger partial charge in [-0.3, -0.25) is 9.78 Å². The number of fused-ring (bicyclic) bond motifs is 1. The van der Waals surface area contributed by atoms with Gasteiger partial charge in [0.2, 0.25) is 0 Å². The third-order valence-electron chi connectivity index (χ3n) is 5.72. The van der Waals surface area contributed by atoms with Crippen LogP contribution in [0.4, 0.5) is 30.2 Å². The monoisotopic (exact) mass is 487 g/mol. The number of rotatable bonds is 5. The van der Waals surface area contributed by atoms with Crippen molar-refractivity contribution < 1.29 is 18.0 Å². The van der Waals surface area contributed by atoms with Gasteiger partial charge in [0.15, 0.2) is 0 Å². The highest BCUT2D eigenvalue weighted by molar-refractivity contribution is 6.05. The lowest BCUT2D eigenvalue weighted by atomic mass is 10.1. The summed E-state index contributed by atoms with van der Waals surface area (Å²) in [4.78, 5) is 24.7. The highest BCUT2D eigenvalue weighted by atomic mass is 19.4. The van der Waals surface area contributed by atoms with Crippen LogP contribution in [-0.4, -0.2) is 20.9 Å². The summed E-state index contributed by atoms with van der Waals surface area (Å²) in [5.74, 6) is -0.517. The van der Waals surface area contributed by atoms with Crippen molar-refractivity contribution in [1.82, 2.24) is 15.0 Å². The molecule has 2 aromatic carbocycles.